The molecule has 2 amide bonds. The smallest absolute Gasteiger partial charge is 0.242 e. The number of nitrogens with zero attached hydrogens (tertiary/aromatic N) is 2. The maximum absolute atomic E-state index is 13.4. The summed E-state index contributed by atoms with van der Waals surface area (Å²) in [5.41, 5.74) is 1.22. The molecule has 1 aliphatic rings. The predicted octanol–water partition coefficient (Wildman–Crippen LogP) is 4.47. The molecule has 0 bridgehead atoms. The maximum atomic E-state index is 13.4. The summed E-state index contributed by atoms with van der Waals surface area (Å²) in [7, 11) is -3.96. The minimum Gasteiger partial charge on any atom is -0.341 e. The molecule has 186 valence electrons. The van der Waals surface area contributed by atoms with Crippen molar-refractivity contribution in [2.24, 2.45) is 5.92 Å². The van der Waals surface area contributed by atoms with Gasteiger partial charge in [0.05, 0.1) is 4.90 Å². The van der Waals surface area contributed by atoms with E-state index in [9.17, 15) is 18.0 Å². The van der Waals surface area contributed by atoms with E-state index < -0.39 is 21.5 Å². The highest BCUT2D eigenvalue weighted by molar-refractivity contribution is 7.92. The Hall–Kier alpha value is -3.65. The van der Waals surface area contributed by atoms with Gasteiger partial charge in [-0.05, 0) is 36.3 Å². The summed E-state index contributed by atoms with van der Waals surface area (Å²) in [6, 6.07) is 20.2. The van der Waals surface area contributed by atoms with Crippen molar-refractivity contribution in [1.82, 2.24) is 9.47 Å². The fourth-order valence-electron chi connectivity index (χ4n) is 4.87. The number of nitrogens with one attached hydrogen (secondary N) is 1. The van der Waals surface area contributed by atoms with Crippen LogP contribution in [0.1, 0.15) is 19.8 Å². The molecule has 3 aromatic carbocycles. The SMILES string of the molecule is CC1CCN(C(=O)Cn2cc(S(=O)(=O)CC(=O)Nc3cccc4ccccc34)c3ccccc32)CC1. The molecule has 36 heavy (non-hydrogen) atoms. The van der Waals surface area contributed by atoms with Gasteiger partial charge in [-0.1, -0.05) is 61.5 Å². The van der Waals surface area contributed by atoms with E-state index in [4.69, 9.17) is 0 Å². The van der Waals surface area contributed by atoms with Crippen LogP contribution in [0.5, 0.6) is 0 Å². The molecule has 0 aliphatic carbocycles. The Morgan fingerprint density at radius 3 is 2.36 bits per heavy atom. The molecule has 0 unspecified atom stereocenters. The fourth-order valence-corrected chi connectivity index (χ4v) is 6.23. The van der Waals surface area contributed by atoms with E-state index in [1.807, 2.05) is 47.4 Å². The second kappa shape index (κ2) is 9.78. The number of anilines is 1. The third kappa shape index (κ3) is 4.86. The number of hydrogen-bond donors (Lipinski definition) is 1. The summed E-state index contributed by atoms with van der Waals surface area (Å²) >= 11 is 0. The number of sulfone groups is 1. The number of hydrogen-bond acceptors (Lipinski definition) is 4. The lowest BCUT2D eigenvalue weighted by Crippen LogP contribution is -2.39. The Morgan fingerprint density at radius 1 is 0.917 bits per heavy atom. The van der Waals surface area contributed by atoms with Crippen molar-refractivity contribution in [3.8, 4) is 0 Å². The first kappa shape index (κ1) is 24.1. The van der Waals surface area contributed by atoms with Gasteiger partial charge in [0.25, 0.3) is 0 Å². The van der Waals surface area contributed by atoms with Gasteiger partial charge in [0.1, 0.15) is 12.3 Å². The van der Waals surface area contributed by atoms with E-state index in [0.29, 0.717) is 22.5 Å². The number of aromatic nitrogens is 1. The summed E-state index contributed by atoms with van der Waals surface area (Å²) < 4.78 is 28.4. The second-order valence-corrected chi connectivity index (χ2v) is 11.5. The Bertz CT molecular complexity index is 1540. The zero-order chi connectivity index (χ0) is 25.3. The summed E-state index contributed by atoms with van der Waals surface area (Å²) in [6.07, 6.45) is 3.45. The molecule has 0 spiro atoms. The quantitative estimate of drug-likeness (QED) is 0.421. The number of piperidine rings is 1. The topological polar surface area (TPSA) is 88.5 Å². The van der Waals surface area contributed by atoms with Crippen molar-refractivity contribution in [3.05, 3.63) is 72.9 Å². The van der Waals surface area contributed by atoms with Crippen molar-refractivity contribution in [1.29, 1.82) is 0 Å². The minimum absolute atomic E-state index is 0.0275. The number of carbonyl (C=O) groups is 2. The summed E-state index contributed by atoms with van der Waals surface area (Å²) in [5, 5.41) is 5.06. The Labute approximate surface area is 210 Å². The summed E-state index contributed by atoms with van der Waals surface area (Å²) in [5.74, 6) is -0.720. The lowest BCUT2D eigenvalue weighted by Gasteiger charge is -2.30. The first-order valence-corrected chi connectivity index (χ1v) is 13.8. The van der Waals surface area contributed by atoms with E-state index in [0.717, 1.165) is 36.7 Å². The van der Waals surface area contributed by atoms with Crippen molar-refractivity contribution in [3.63, 3.8) is 0 Å². The third-order valence-corrected chi connectivity index (χ3v) is 8.55. The molecular formula is C28H29N3O4S. The fraction of sp³-hybridized carbons (Fsp3) is 0.286. The molecule has 1 fully saturated rings. The van der Waals surface area contributed by atoms with Gasteiger partial charge in [0.15, 0.2) is 9.84 Å². The zero-order valence-corrected chi connectivity index (χ0v) is 21.0. The number of rotatable bonds is 6. The Balaban J connectivity index is 1.38. The standard InChI is InChI=1S/C28H29N3O4S/c1-20-13-15-30(16-14-20)28(33)18-31-17-26(23-10-4-5-12-25(23)31)36(34,35)19-27(32)29-24-11-6-8-21-7-2-3-9-22(21)24/h2-12,17,20H,13-16,18-19H2,1H3,(H,29,32). The van der Waals surface area contributed by atoms with E-state index in [2.05, 4.69) is 12.2 Å². The van der Waals surface area contributed by atoms with E-state index in [1.54, 1.807) is 28.8 Å². The van der Waals surface area contributed by atoms with Gasteiger partial charge >= 0.3 is 0 Å². The average Bonchev–Trinajstić information content (AvgIpc) is 3.24. The molecule has 8 heteroatoms. The second-order valence-electron chi connectivity index (χ2n) is 9.54. The maximum Gasteiger partial charge on any atom is 0.242 e. The molecule has 2 heterocycles. The largest absolute Gasteiger partial charge is 0.341 e. The van der Waals surface area contributed by atoms with Crippen LogP contribution in [-0.2, 0) is 26.0 Å². The minimum atomic E-state index is -3.96. The first-order valence-electron chi connectivity index (χ1n) is 12.2. The molecule has 0 saturated carbocycles. The molecule has 1 aromatic heterocycles. The normalized spacial score (nSPS) is 14.9. The van der Waals surface area contributed by atoms with Crippen LogP contribution in [0.15, 0.2) is 77.8 Å². The molecule has 5 rings (SSSR count). The van der Waals surface area contributed by atoms with Gasteiger partial charge in [-0.15, -0.1) is 0 Å². The molecule has 0 atom stereocenters. The van der Waals surface area contributed by atoms with Crippen molar-refractivity contribution in [2.75, 3.05) is 24.2 Å². The highest BCUT2D eigenvalue weighted by Crippen LogP contribution is 2.28. The molecular weight excluding hydrogens is 474 g/mol. The van der Waals surface area contributed by atoms with Gasteiger partial charge in [-0.2, -0.15) is 0 Å². The zero-order valence-electron chi connectivity index (χ0n) is 20.2. The average molecular weight is 504 g/mol. The van der Waals surface area contributed by atoms with Gasteiger partial charge < -0.3 is 14.8 Å². The van der Waals surface area contributed by atoms with Crippen LogP contribution >= 0.6 is 0 Å². The van der Waals surface area contributed by atoms with Crippen LogP contribution in [0.2, 0.25) is 0 Å². The van der Waals surface area contributed by atoms with E-state index in [-0.39, 0.29) is 17.3 Å². The first-order chi connectivity index (χ1) is 17.3. The number of amides is 2. The molecule has 1 saturated heterocycles. The Morgan fingerprint density at radius 2 is 1.58 bits per heavy atom. The number of carbonyl (C=O) groups excluding carboxylic acids is 2. The van der Waals surface area contributed by atoms with Crippen LogP contribution in [-0.4, -0.2) is 48.5 Å². The lowest BCUT2D eigenvalue weighted by atomic mass is 9.99. The Kier molecular flexibility index (Phi) is 6.53. The van der Waals surface area contributed by atoms with Crippen LogP contribution in [0, 0.1) is 5.92 Å². The third-order valence-electron chi connectivity index (χ3n) is 6.91. The van der Waals surface area contributed by atoms with Crippen LogP contribution in [0.3, 0.4) is 0 Å². The van der Waals surface area contributed by atoms with E-state index in [1.165, 1.54) is 6.20 Å². The van der Waals surface area contributed by atoms with Crippen molar-refractivity contribution in [2.45, 2.75) is 31.2 Å². The van der Waals surface area contributed by atoms with Crippen LogP contribution < -0.4 is 5.32 Å². The van der Waals surface area contributed by atoms with Crippen LogP contribution in [0.4, 0.5) is 5.69 Å². The highest BCUT2D eigenvalue weighted by atomic mass is 32.2. The number of benzene rings is 3. The molecule has 1 aliphatic heterocycles. The van der Waals surface area contributed by atoms with Gasteiger partial charge in [-0.25, -0.2) is 8.42 Å². The number of likely N-dealkylation sites (tertiary alicyclic amines) is 1. The summed E-state index contributed by atoms with van der Waals surface area (Å²) in [4.78, 5) is 27.7. The molecule has 1 N–H and O–H groups in total. The van der Waals surface area contributed by atoms with Crippen molar-refractivity contribution >= 4 is 49.0 Å². The monoisotopic (exact) mass is 503 g/mol. The highest BCUT2D eigenvalue weighted by Gasteiger charge is 2.26. The lowest BCUT2D eigenvalue weighted by molar-refractivity contribution is -0.133. The van der Waals surface area contributed by atoms with Gasteiger partial charge in [-0.3, -0.25) is 9.59 Å². The van der Waals surface area contributed by atoms with Crippen LogP contribution in [0.25, 0.3) is 21.7 Å². The van der Waals surface area contributed by atoms with Gasteiger partial charge in [0.2, 0.25) is 11.8 Å². The molecule has 4 aromatic rings. The number of fused-ring (bicyclic) bond motifs is 2. The number of para-hydroxylation sites is 1. The molecule has 7 nitrogen and oxygen atoms in total. The predicted molar refractivity (Wildman–Crippen MR) is 142 cm³/mol. The van der Waals surface area contributed by atoms with Crippen molar-refractivity contribution < 1.29 is 18.0 Å². The van der Waals surface area contributed by atoms with E-state index >= 15 is 0 Å². The van der Waals surface area contributed by atoms with Gasteiger partial charge in [0, 0.05) is 41.3 Å². The molecule has 0 radical (unpaired) electrons. The summed E-state index contributed by atoms with van der Waals surface area (Å²) in [6.45, 7) is 3.69.